The van der Waals surface area contributed by atoms with Gasteiger partial charge in [0.25, 0.3) is 16.3 Å². The van der Waals surface area contributed by atoms with Crippen LogP contribution >= 0.6 is 12.2 Å². The van der Waals surface area contributed by atoms with Crippen molar-refractivity contribution in [2.75, 3.05) is 0 Å². The maximum absolute atomic E-state index is 12.1. The zero-order valence-electron chi connectivity index (χ0n) is 11.3. The molecule has 2 N–H and O–H groups in total. The first-order valence-corrected chi connectivity index (χ1v) is 6.96. The number of nitrogens with one attached hydrogen (secondary N) is 2. The summed E-state index contributed by atoms with van der Waals surface area (Å²) in [5.41, 5.74) is 3.04. The van der Waals surface area contributed by atoms with Crippen molar-refractivity contribution in [1.29, 1.82) is 0 Å². The van der Waals surface area contributed by atoms with Crippen LogP contribution in [0.5, 0.6) is 0 Å². The SMILES string of the molecule is CCc1ccc(-c2ccc(-c3n[nH]c(=S)o3)c(=O)[nH]2)cc1. The van der Waals surface area contributed by atoms with Crippen molar-refractivity contribution in [3.8, 4) is 22.7 Å². The molecule has 21 heavy (non-hydrogen) atoms. The third kappa shape index (κ3) is 2.71. The first kappa shape index (κ1) is 13.5. The van der Waals surface area contributed by atoms with E-state index in [-0.39, 0.29) is 16.3 Å². The third-order valence-electron chi connectivity index (χ3n) is 3.25. The third-order valence-corrected chi connectivity index (χ3v) is 3.43. The van der Waals surface area contributed by atoms with Gasteiger partial charge in [-0.3, -0.25) is 4.79 Å². The largest absolute Gasteiger partial charge is 0.409 e. The van der Waals surface area contributed by atoms with Gasteiger partial charge in [-0.25, -0.2) is 5.10 Å². The van der Waals surface area contributed by atoms with E-state index in [1.165, 1.54) is 5.56 Å². The van der Waals surface area contributed by atoms with Crippen LogP contribution in [0.3, 0.4) is 0 Å². The predicted octanol–water partition coefficient (Wildman–Crippen LogP) is 3.32. The Balaban J connectivity index is 2.00. The molecule has 0 fully saturated rings. The standard InChI is InChI=1S/C15H13N3O2S/c1-2-9-3-5-10(6-4-9)12-8-7-11(13(19)16-12)14-17-18-15(21)20-14/h3-8H,2H2,1H3,(H,16,19)(H,18,21). The molecule has 0 aliphatic carbocycles. The molecule has 2 heterocycles. The van der Waals surface area contributed by atoms with Crippen LogP contribution in [0.15, 0.2) is 45.6 Å². The second-order valence-corrected chi connectivity index (χ2v) is 4.95. The van der Waals surface area contributed by atoms with Crippen molar-refractivity contribution in [2.24, 2.45) is 0 Å². The fraction of sp³-hybridized carbons (Fsp3) is 0.133. The van der Waals surface area contributed by atoms with E-state index in [2.05, 4.69) is 22.1 Å². The minimum Gasteiger partial charge on any atom is -0.409 e. The fourth-order valence-corrected chi connectivity index (χ4v) is 2.20. The first-order valence-electron chi connectivity index (χ1n) is 6.56. The Morgan fingerprint density at radius 1 is 1.19 bits per heavy atom. The fourth-order valence-electron chi connectivity index (χ4n) is 2.08. The van der Waals surface area contributed by atoms with Gasteiger partial charge < -0.3 is 9.40 Å². The quantitative estimate of drug-likeness (QED) is 0.728. The Kier molecular flexibility index (Phi) is 3.53. The molecule has 0 saturated carbocycles. The van der Waals surface area contributed by atoms with E-state index < -0.39 is 0 Å². The average Bonchev–Trinajstić information content (AvgIpc) is 2.93. The number of pyridine rings is 1. The molecule has 0 amide bonds. The molecular weight excluding hydrogens is 286 g/mol. The van der Waals surface area contributed by atoms with E-state index in [0.717, 1.165) is 17.7 Å². The molecule has 0 atom stereocenters. The lowest BCUT2D eigenvalue weighted by Crippen LogP contribution is -2.09. The van der Waals surface area contributed by atoms with Crippen LogP contribution in [-0.4, -0.2) is 15.2 Å². The molecule has 5 nitrogen and oxygen atoms in total. The van der Waals surface area contributed by atoms with Crippen molar-refractivity contribution in [3.05, 3.63) is 57.2 Å². The van der Waals surface area contributed by atoms with Gasteiger partial charge in [0.15, 0.2) is 0 Å². The number of aromatic amines is 2. The molecule has 0 aliphatic heterocycles. The smallest absolute Gasteiger partial charge is 0.284 e. The van der Waals surface area contributed by atoms with Gasteiger partial charge in [0.05, 0.1) is 0 Å². The minimum absolute atomic E-state index is 0.142. The Bertz CT molecular complexity index is 875. The summed E-state index contributed by atoms with van der Waals surface area (Å²) in [5.74, 6) is 0.189. The molecular formula is C15H13N3O2S. The summed E-state index contributed by atoms with van der Waals surface area (Å²) < 4.78 is 5.15. The highest BCUT2D eigenvalue weighted by Gasteiger charge is 2.10. The highest BCUT2D eigenvalue weighted by Crippen LogP contribution is 2.19. The molecule has 1 aromatic carbocycles. The molecule has 3 aromatic rings. The second kappa shape index (κ2) is 5.49. The topological polar surface area (TPSA) is 74.7 Å². The Morgan fingerprint density at radius 2 is 1.95 bits per heavy atom. The summed E-state index contributed by atoms with van der Waals surface area (Å²) in [7, 11) is 0. The zero-order chi connectivity index (χ0) is 14.8. The van der Waals surface area contributed by atoms with Crippen LogP contribution in [0, 0.1) is 4.84 Å². The number of hydrogen-bond donors (Lipinski definition) is 2. The Morgan fingerprint density at radius 3 is 2.52 bits per heavy atom. The van der Waals surface area contributed by atoms with Gasteiger partial charge in [0.1, 0.15) is 5.56 Å². The van der Waals surface area contributed by atoms with Crippen molar-refractivity contribution < 1.29 is 4.42 Å². The van der Waals surface area contributed by atoms with Gasteiger partial charge in [-0.05, 0) is 41.9 Å². The lowest BCUT2D eigenvalue weighted by Gasteiger charge is -2.04. The van der Waals surface area contributed by atoms with E-state index >= 15 is 0 Å². The van der Waals surface area contributed by atoms with Crippen LogP contribution in [-0.2, 0) is 6.42 Å². The lowest BCUT2D eigenvalue weighted by molar-refractivity contribution is 0.551. The van der Waals surface area contributed by atoms with Gasteiger partial charge in [-0.2, -0.15) is 0 Å². The van der Waals surface area contributed by atoms with Crippen LogP contribution in [0.1, 0.15) is 12.5 Å². The predicted molar refractivity (Wildman–Crippen MR) is 82.6 cm³/mol. The number of rotatable bonds is 3. The van der Waals surface area contributed by atoms with E-state index in [4.69, 9.17) is 16.6 Å². The molecule has 0 unspecified atom stereocenters. The van der Waals surface area contributed by atoms with E-state index in [9.17, 15) is 4.79 Å². The Hall–Kier alpha value is -2.47. The van der Waals surface area contributed by atoms with Crippen molar-refractivity contribution in [2.45, 2.75) is 13.3 Å². The summed E-state index contributed by atoms with van der Waals surface area (Å²) in [6.07, 6.45) is 0.986. The van der Waals surface area contributed by atoms with Crippen molar-refractivity contribution in [3.63, 3.8) is 0 Å². The van der Waals surface area contributed by atoms with Gasteiger partial charge in [0, 0.05) is 5.69 Å². The summed E-state index contributed by atoms with van der Waals surface area (Å²) >= 11 is 4.81. The molecule has 0 aliphatic rings. The summed E-state index contributed by atoms with van der Waals surface area (Å²) in [4.78, 5) is 15.1. The zero-order valence-corrected chi connectivity index (χ0v) is 12.2. The molecule has 0 saturated heterocycles. The van der Waals surface area contributed by atoms with Crippen molar-refractivity contribution >= 4 is 12.2 Å². The highest BCUT2D eigenvalue weighted by molar-refractivity contribution is 7.71. The summed E-state index contributed by atoms with van der Waals surface area (Å²) in [6, 6.07) is 11.6. The maximum atomic E-state index is 12.1. The minimum atomic E-state index is -0.266. The normalized spacial score (nSPS) is 10.7. The second-order valence-electron chi connectivity index (χ2n) is 4.58. The molecule has 3 rings (SSSR count). The van der Waals surface area contributed by atoms with E-state index in [0.29, 0.717) is 5.56 Å². The van der Waals surface area contributed by atoms with E-state index in [1.807, 2.05) is 30.3 Å². The number of H-pyrrole nitrogens is 2. The number of hydrogen-bond acceptors (Lipinski definition) is 4. The first-order chi connectivity index (χ1) is 10.2. The highest BCUT2D eigenvalue weighted by atomic mass is 32.1. The van der Waals surface area contributed by atoms with Gasteiger partial charge >= 0.3 is 0 Å². The maximum Gasteiger partial charge on any atom is 0.284 e. The number of nitrogens with zero attached hydrogens (tertiary/aromatic N) is 1. The van der Waals surface area contributed by atoms with E-state index in [1.54, 1.807) is 6.07 Å². The molecule has 0 bridgehead atoms. The number of aryl methyl sites for hydroxylation is 1. The van der Waals surface area contributed by atoms with Crippen molar-refractivity contribution in [1.82, 2.24) is 15.2 Å². The van der Waals surface area contributed by atoms with Crippen LogP contribution < -0.4 is 5.56 Å². The van der Waals surface area contributed by atoms with Crippen LogP contribution in [0.25, 0.3) is 22.7 Å². The van der Waals surface area contributed by atoms with Gasteiger partial charge in [-0.1, -0.05) is 31.2 Å². The molecule has 106 valence electrons. The average molecular weight is 299 g/mol. The summed E-state index contributed by atoms with van der Waals surface area (Å²) in [6.45, 7) is 2.10. The molecule has 0 spiro atoms. The van der Waals surface area contributed by atoms with Crippen LogP contribution in [0.4, 0.5) is 0 Å². The van der Waals surface area contributed by atoms with Gasteiger partial charge in [-0.15, -0.1) is 5.10 Å². The molecule has 2 aromatic heterocycles. The summed E-state index contributed by atoms with van der Waals surface area (Å²) in [5, 5.41) is 6.35. The number of benzene rings is 1. The Labute approximate surface area is 125 Å². The van der Waals surface area contributed by atoms with Crippen LogP contribution in [0.2, 0.25) is 0 Å². The molecule has 6 heteroatoms. The molecule has 0 radical (unpaired) electrons. The monoisotopic (exact) mass is 299 g/mol. The van der Waals surface area contributed by atoms with Gasteiger partial charge in [0.2, 0.25) is 0 Å². The number of aromatic nitrogens is 3. The lowest BCUT2D eigenvalue weighted by atomic mass is 10.1.